The van der Waals surface area contributed by atoms with E-state index in [1.807, 2.05) is 20.8 Å². The van der Waals surface area contributed by atoms with Crippen molar-refractivity contribution >= 4 is 6.09 Å². The zero-order valence-corrected chi connectivity index (χ0v) is 15.2. The molecule has 1 amide bonds. The van der Waals surface area contributed by atoms with Crippen LogP contribution >= 0.6 is 0 Å². The molecule has 0 aliphatic heterocycles. The normalized spacial score (nSPS) is 10.6. The number of hydrogen-bond donors (Lipinski definition) is 0. The van der Waals surface area contributed by atoms with Gasteiger partial charge in [0.05, 0.1) is 0 Å². The van der Waals surface area contributed by atoms with E-state index in [9.17, 15) is 4.79 Å². The Bertz CT molecular complexity index is 434. The van der Waals surface area contributed by atoms with Crippen LogP contribution in [0.15, 0.2) is 5.11 Å². The van der Waals surface area contributed by atoms with Crippen molar-refractivity contribution in [1.82, 2.24) is 4.90 Å². The first-order valence-corrected chi connectivity index (χ1v) is 8.40. The third-order valence-electron chi connectivity index (χ3n) is 3.00. The molecular formula is C17H30N4O3. The largest absolute Gasteiger partial charge is 0.444 e. The fourth-order valence-electron chi connectivity index (χ4n) is 1.86. The molecule has 7 heteroatoms. The van der Waals surface area contributed by atoms with Crippen LogP contribution in [0.25, 0.3) is 10.4 Å². The van der Waals surface area contributed by atoms with Crippen molar-refractivity contribution in [3.8, 4) is 12.3 Å². The van der Waals surface area contributed by atoms with Crippen LogP contribution in [0.4, 0.5) is 4.79 Å². The Morgan fingerprint density at radius 2 is 1.88 bits per heavy atom. The van der Waals surface area contributed by atoms with Crippen LogP contribution in [0.1, 0.15) is 52.9 Å². The molecular weight excluding hydrogens is 308 g/mol. The molecule has 0 heterocycles. The van der Waals surface area contributed by atoms with Crippen LogP contribution in [0.2, 0.25) is 0 Å². The fraction of sp³-hybridized carbons (Fsp3) is 0.824. The Hall–Kier alpha value is -1.90. The summed E-state index contributed by atoms with van der Waals surface area (Å²) in [6.07, 6.45) is 8.89. The predicted octanol–water partition coefficient (Wildman–Crippen LogP) is 4.13. The molecule has 0 radical (unpaired) electrons. The van der Waals surface area contributed by atoms with E-state index in [1.54, 1.807) is 4.90 Å². The number of ether oxygens (including phenoxy) is 2. The van der Waals surface area contributed by atoms with Crippen LogP contribution in [0.3, 0.4) is 0 Å². The summed E-state index contributed by atoms with van der Waals surface area (Å²) in [6.45, 7) is 8.48. The van der Waals surface area contributed by atoms with E-state index in [-0.39, 0.29) is 6.09 Å². The fourth-order valence-corrected chi connectivity index (χ4v) is 1.86. The monoisotopic (exact) mass is 338 g/mol. The number of amides is 1. The average molecular weight is 338 g/mol. The summed E-state index contributed by atoms with van der Waals surface area (Å²) in [5.74, 6) is 2.55. The molecule has 0 saturated carbocycles. The average Bonchev–Trinajstić information content (AvgIpc) is 2.50. The molecule has 0 aromatic rings. The molecule has 0 spiro atoms. The lowest BCUT2D eigenvalue weighted by Gasteiger charge is -2.27. The highest BCUT2D eigenvalue weighted by atomic mass is 16.6. The van der Waals surface area contributed by atoms with Gasteiger partial charge in [0.1, 0.15) is 5.60 Å². The van der Waals surface area contributed by atoms with Gasteiger partial charge in [-0.15, -0.1) is 12.3 Å². The minimum absolute atomic E-state index is 0.322. The number of terminal acetylenes is 1. The van der Waals surface area contributed by atoms with Crippen molar-refractivity contribution in [3.05, 3.63) is 10.4 Å². The molecule has 0 aliphatic carbocycles. The van der Waals surface area contributed by atoms with E-state index in [0.29, 0.717) is 39.3 Å². The molecule has 0 N–H and O–H groups in total. The second kappa shape index (κ2) is 13.5. The molecule has 24 heavy (non-hydrogen) atoms. The van der Waals surface area contributed by atoms with Gasteiger partial charge in [-0.1, -0.05) is 5.11 Å². The molecule has 0 aromatic carbocycles. The quantitative estimate of drug-likeness (QED) is 0.176. The molecule has 136 valence electrons. The number of carbonyl (C=O) groups excluding carboxylic acids is 1. The molecule has 0 atom stereocenters. The molecule has 0 aliphatic rings. The van der Waals surface area contributed by atoms with Crippen molar-refractivity contribution in [1.29, 1.82) is 0 Å². The zero-order valence-electron chi connectivity index (χ0n) is 15.2. The Kier molecular flexibility index (Phi) is 12.5. The van der Waals surface area contributed by atoms with Crippen molar-refractivity contribution in [3.63, 3.8) is 0 Å². The van der Waals surface area contributed by atoms with Crippen LogP contribution < -0.4 is 0 Å². The first-order valence-electron chi connectivity index (χ1n) is 8.40. The Balaban J connectivity index is 3.88. The lowest BCUT2D eigenvalue weighted by atomic mass is 10.2. The van der Waals surface area contributed by atoms with Crippen LogP contribution in [0, 0.1) is 12.3 Å². The first-order chi connectivity index (χ1) is 11.4. The summed E-state index contributed by atoms with van der Waals surface area (Å²) >= 11 is 0. The van der Waals surface area contributed by atoms with Crippen LogP contribution in [-0.4, -0.2) is 49.4 Å². The minimum atomic E-state index is -0.510. The van der Waals surface area contributed by atoms with E-state index < -0.39 is 5.60 Å². The maximum Gasteiger partial charge on any atom is 0.410 e. The third kappa shape index (κ3) is 13.7. The Morgan fingerprint density at radius 1 is 1.21 bits per heavy atom. The second-order valence-corrected chi connectivity index (χ2v) is 6.40. The summed E-state index contributed by atoms with van der Waals surface area (Å²) in [6, 6.07) is 0. The van der Waals surface area contributed by atoms with Crippen molar-refractivity contribution in [2.24, 2.45) is 5.11 Å². The molecule has 0 aromatic heterocycles. The molecule has 7 nitrogen and oxygen atoms in total. The number of hydrogen-bond acceptors (Lipinski definition) is 4. The van der Waals surface area contributed by atoms with Gasteiger partial charge in [-0.25, -0.2) is 4.79 Å². The molecule has 0 saturated heterocycles. The predicted molar refractivity (Wildman–Crippen MR) is 94.6 cm³/mol. The minimum Gasteiger partial charge on any atom is -0.444 e. The molecule has 0 bridgehead atoms. The maximum atomic E-state index is 12.1. The van der Waals surface area contributed by atoms with Crippen molar-refractivity contribution in [2.45, 2.75) is 58.5 Å². The second-order valence-electron chi connectivity index (χ2n) is 6.40. The highest BCUT2D eigenvalue weighted by molar-refractivity contribution is 5.68. The van der Waals surface area contributed by atoms with E-state index >= 15 is 0 Å². The molecule has 0 fully saturated rings. The standard InChI is InChI=1S/C17H30N4O3/c1-5-6-12-21(16(22)24-17(2,3)4)13-8-10-15-23-14-9-7-11-19-20-18/h1H,6-15H2,2-4H3. The van der Waals surface area contributed by atoms with Gasteiger partial charge >= 0.3 is 6.09 Å². The number of unbranched alkanes of at least 4 members (excludes halogenated alkanes) is 2. The summed E-state index contributed by atoms with van der Waals surface area (Å²) in [5, 5.41) is 3.47. The van der Waals surface area contributed by atoms with Gasteiger partial charge in [-0.3, -0.25) is 0 Å². The highest BCUT2D eigenvalue weighted by Crippen LogP contribution is 2.11. The van der Waals surface area contributed by atoms with Crippen LogP contribution in [0.5, 0.6) is 0 Å². The molecule has 0 unspecified atom stereocenters. The summed E-state index contributed by atoms with van der Waals surface area (Å²) < 4.78 is 10.9. The van der Waals surface area contributed by atoms with Crippen molar-refractivity contribution in [2.75, 3.05) is 32.8 Å². The van der Waals surface area contributed by atoms with Gasteiger partial charge in [0.25, 0.3) is 0 Å². The van der Waals surface area contributed by atoms with Gasteiger partial charge in [0, 0.05) is 44.2 Å². The van der Waals surface area contributed by atoms with Gasteiger partial charge in [-0.2, -0.15) is 0 Å². The number of nitrogens with zero attached hydrogens (tertiary/aromatic N) is 4. The summed E-state index contributed by atoms with van der Waals surface area (Å²) in [4.78, 5) is 16.5. The number of carbonyl (C=O) groups is 1. The van der Waals surface area contributed by atoms with Gasteiger partial charge in [0.15, 0.2) is 0 Å². The summed E-state index contributed by atoms with van der Waals surface area (Å²) in [5.41, 5.74) is 7.64. The van der Waals surface area contributed by atoms with Gasteiger partial charge < -0.3 is 14.4 Å². The zero-order chi connectivity index (χ0) is 18.3. The van der Waals surface area contributed by atoms with Crippen molar-refractivity contribution < 1.29 is 14.3 Å². The maximum absolute atomic E-state index is 12.1. The van der Waals surface area contributed by atoms with Gasteiger partial charge in [0.2, 0.25) is 0 Å². The lowest BCUT2D eigenvalue weighted by molar-refractivity contribution is 0.0245. The first kappa shape index (κ1) is 22.1. The topological polar surface area (TPSA) is 87.5 Å². The highest BCUT2D eigenvalue weighted by Gasteiger charge is 2.21. The Morgan fingerprint density at radius 3 is 2.46 bits per heavy atom. The van der Waals surface area contributed by atoms with E-state index in [4.69, 9.17) is 21.4 Å². The molecule has 0 rings (SSSR count). The lowest BCUT2D eigenvalue weighted by Crippen LogP contribution is -2.38. The van der Waals surface area contributed by atoms with E-state index in [2.05, 4.69) is 15.9 Å². The number of rotatable bonds is 12. The summed E-state index contributed by atoms with van der Waals surface area (Å²) in [7, 11) is 0. The van der Waals surface area contributed by atoms with E-state index in [0.717, 1.165) is 25.7 Å². The van der Waals surface area contributed by atoms with Gasteiger partial charge in [-0.05, 0) is 52.0 Å². The third-order valence-corrected chi connectivity index (χ3v) is 3.00. The Labute approximate surface area is 145 Å². The SMILES string of the molecule is C#CCCN(CCCCOCCCCN=[N+]=[N-])C(=O)OC(C)(C)C. The van der Waals surface area contributed by atoms with E-state index in [1.165, 1.54) is 0 Å². The van der Waals surface area contributed by atoms with Crippen LogP contribution in [-0.2, 0) is 9.47 Å². The smallest absolute Gasteiger partial charge is 0.410 e. The number of azide groups is 1.